The van der Waals surface area contributed by atoms with Crippen LogP contribution in [0.2, 0.25) is 0 Å². The highest BCUT2D eigenvalue weighted by atomic mass is 16.5. The minimum absolute atomic E-state index is 0.0354. The van der Waals surface area contributed by atoms with E-state index in [0.29, 0.717) is 0 Å². The number of hydrogen-bond donors (Lipinski definition) is 1. The number of aliphatic hydroxyl groups is 1. The topological polar surface area (TPSA) is 60.2 Å². The maximum Gasteiger partial charge on any atom is 0.145 e. The fourth-order valence-corrected chi connectivity index (χ4v) is 2.72. The Labute approximate surface area is 117 Å². The summed E-state index contributed by atoms with van der Waals surface area (Å²) in [7, 11) is 0. The molecule has 20 heavy (non-hydrogen) atoms. The monoisotopic (exact) mass is 273 g/mol. The number of aryl methyl sites for hydroxylation is 1. The van der Waals surface area contributed by atoms with Gasteiger partial charge in [-0.1, -0.05) is 6.08 Å². The van der Waals surface area contributed by atoms with Crippen molar-refractivity contribution in [3.05, 3.63) is 36.9 Å². The molecular weight excluding hydrogens is 254 g/mol. The van der Waals surface area contributed by atoms with Crippen LogP contribution in [0, 0.1) is 0 Å². The van der Waals surface area contributed by atoms with Crippen LogP contribution >= 0.6 is 0 Å². The van der Waals surface area contributed by atoms with Crippen LogP contribution < -0.4 is 0 Å². The molecule has 1 fully saturated rings. The molecule has 1 aliphatic heterocycles. The number of aromatic nitrogens is 3. The summed E-state index contributed by atoms with van der Waals surface area (Å²) in [6, 6.07) is 2.05. The average molecular weight is 273 g/mol. The van der Waals surface area contributed by atoms with Crippen molar-refractivity contribution in [2.24, 2.45) is 0 Å². The summed E-state index contributed by atoms with van der Waals surface area (Å²) < 4.78 is 7.87. The molecule has 0 amide bonds. The molecule has 0 bridgehead atoms. The smallest absolute Gasteiger partial charge is 0.145 e. The second kappa shape index (κ2) is 5.73. The number of rotatable bonds is 5. The molecule has 1 N–H and O–H groups in total. The molecule has 0 spiro atoms. The Hall–Kier alpha value is -1.72. The molecule has 0 radical (unpaired) electrons. The molecule has 5 heteroatoms. The lowest BCUT2D eigenvalue weighted by Crippen LogP contribution is -2.14. The number of ether oxygens (including phenoxy) is 1. The van der Waals surface area contributed by atoms with Crippen LogP contribution in [0.25, 0.3) is 11.0 Å². The van der Waals surface area contributed by atoms with Gasteiger partial charge in [-0.2, -0.15) is 0 Å². The Morgan fingerprint density at radius 1 is 1.45 bits per heavy atom. The van der Waals surface area contributed by atoms with Crippen molar-refractivity contribution in [3.63, 3.8) is 0 Å². The Morgan fingerprint density at radius 3 is 3.10 bits per heavy atom. The summed E-state index contributed by atoms with van der Waals surface area (Å²) >= 11 is 0. The first kappa shape index (κ1) is 13.3. The van der Waals surface area contributed by atoms with Gasteiger partial charge in [0.05, 0.1) is 18.4 Å². The summed E-state index contributed by atoms with van der Waals surface area (Å²) in [5.74, 6) is 0. The first-order valence-electron chi connectivity index (χ1n) is 7.01. The normalized spacial score (nSPS) is 22.4. The van der Waals surface area contributed by atoms with Crippen molar-refractivity contribution in [2.75, 3.05) is 6.61 Å². The van der Waals surface area contributed by atoms with Gasteiger partial charge >= 0.3 is 0 Å². The van der Waals surface area contributed by atoms with Crippen LogP contribution in [-0.4, -0.2) is 32.4 Å². The minimum atomic E-state index is -0.0560. The van der Waals surface area contributed by atoms with E-state index in [4.69, 9.17) is 9.84 Å². The van der Waals surface area contributed by atoms with Crippen molar-refractivity contribution in [3.8, 4) is 0 Å². The maximum atomic E-state index is 9.17. The molecule has 1 aliphatic rings. The van der Waals surface area contributed by atoms with Crippen molar-refractivity contribution in [2.45, 2.75) is 38.0 Å². The molecule has 1 saturated heterocycles. The Balaban J connectivity index is 1.91. The van der Waals surface area contributed by atoms with Gasteiger partial charge in [0.1, 0.15) is 18.2 Å². The number of aliphatic hydroxyl groups excluding tert-OH is 1. The van der Waals surface area contributed by atoms with Gasteiger partial charge in [-0.3, -0.25) is 0 Å². The predicted octanol–water partition coefficient (Wildman–Crippen LogP) is 2.22. The Morgan fingerprint density at radius 2 is 2.35 bits per heavy atom. The van der Waals surface area contributed by atoms with Gasteiger partial charge in [0.15, 0.2) is 0 Å². The van der Waals surface area contributed by atoms with Gasteiger partial charge in [-0.15, -0.1) is 6.58 Å². The molecule has 2 aromatic heterocycles. The van der Waals surface area contributed by atoms with Gasteiger partial charge in [0, 0.05) is 11.6 Å². The van der Waals surface area contributed by atoms with E-state index in [2.05, 4.69) is 16.5 Å². The largest absolute Gasteiger partial charge is 0.394 e. The van der Waals surface area contributed by atoms with Gasteiger partial charge in [0.25, 0.3) is 0 Å². The first-order valence-corrected chi connectivity index (χ1v) is 7.01. The van der Waals surface area contributed by atoms with E-state index in [1.807, 2.05) is 22.9 Å². The molecule has 3 heterocycles. The Kier molecular flexibility index (Phi) is 3.80. The van der Waals surface area contributed by atoms with E-state index in [-0.39, 0.29) is 18.9 Å². The van der Waals surface area contributed by atoms with Crippen molar-refractivity contribution >= 4 is 11.0 Å². The second-order valence-electron chi connectivity index (χ2n) is 5.08. The summed E-state index contributed by atoms with van der Waals surface area (Å²) in [6.07, 6.45) is 8.98. The summed E-state index contributed by atoms with van der Waals surface area (Å²) in [5, 5.41) is 10.2. The van der Waals surface area contributed by atoms with E-state index < -0.39 is 0 Å². The van der Waals surface area contributed by atoms with Crippen LogP contribution in [0.1, 0.15) is 31.2 Å². The highest BCUT2D eigenvalue weighted by molar-refractivity contribution is 5.78. The molecule has 0 unspecified atom stereocenters. The summed E-state index contributed by atoms with van der Waals surface area (Å²) in [6.45, 7) is 3.83. The fourth-order valence-electron chi connectivity index (χ4n) is 2.72. The molecular formula is C15H19N3O2. The molecule has 2 aromatic rings. The highest BCUT2D eigenvalue weighted by Crippen LogP contribution is 2.31. The van der Waals surface area contributed by atoms with Crippen molar-refractivity contribution in [1.82, 2.24) is 14.5 Å². The zero-order chi connectivity index (χ0) is 13.9. The molecule has 2 atom stereocenters. The summed E-state index contributed by atoms with van der Waals surface area (Å²) in [4.78, 5) is 8.75. The number of fused-ring (bicyclic) bond motifs is 1. The van der Waals surface area contributed by atoms with Crippen molar-refractivity contribution < 1.29 is 9.84 Å². The first-order chi connectivity index (χ1) is 9.83. The highest BCUT2D eigenvalue weighted by Gasteiger charge is 2.27. The van der Waals surface area contributed by atoms with Crippen LogP contribution in [0.4, 0.5) is 0 Å². The van der Waals surface area contributed by atoms with Crippen LogP contribution in [-0.2, 0) is 11.2 Å². The SMILES string of the molecule is C=CCCc1ncnc2c1ccn2[C@H]1CC[C@@H](CO)O1. The minimum Gasteiger partial charge on any atom is -0.394 e. The molecule has 3 rings (SSSR count). The zero-order valence-electron chi connectivity index (χ0n) is 11.4. The van der Waals surface area contributed by atoms with Gasteiger partial charge in [-0.25, -0.2) is 9.97 Å². The van der Waals surface area contributed by atoms with Gasteiger partial charge in [-0.05, 0) is 31.7 Å². The summed E-state index contributed by atoms with van der Waals surface area (Å²) in [5.41, 5.74) is 1.95. The molecule has 0 aliphatic carbocycles. The van der Waals surface area contributed by atoms with Crippen LogP contribution in [0.5, 0.6) is 0 Å². The predicted molar refractivity (Wildman–Crippen MR) is 76.3 cm³/mol. The van der Waals surface area contributed by atoms with E-state index in [1.165, 1.54) is 0 Å². The van der Waals surface area contributed by atoms with Crippen molar-refractivity contribution in [1.29, 1.82) is 0 Å². The standard InChI is InChI=1S/C15H19N3O2/c1-2-3-4-13-12-7-8-18(15(12)17-10-16-13)14-6-5-11(9-19)20-14/h2,7-8,10-11,14,19H,1,3-6,9H2/t11-,14+/m0/s1. The quantitative estimate of drug-likeness (QED) is 0.849. The van der Waals surface area contributed by atoms with E-state index in [9.17, 15) is 0 Å². The molecule has 106 valence electrons. The zero-order valence-corrected chi connectivity index (χ0v) is 11.4. The van der Waals surface area contributed by atoms with Crippen LogP contribution in [0.15, 0.2) is 31.2 Å². The van der Waals surface area contributed by atoms with E-state index in [0.717, 1.165) is 42.4 Å². The fraction of sp³-hybridized carbons (Fsp3) is 0.467. The van der Waals surface area contributed by atoms with Gasteiger partial charge in [0.2, 0.25) is 0 Å². The lowest BCUT2D eigenvalue weighted by Gasteiger charge is -2.14. The van der Waals surface area contributed by atoms with E-state index in [1.54, 1.807) is 6.33 Å². The molecule has 0 saturated carbocycles. The van der Waals surface area contributed by atoms with Crippen LogP contribution in [0.3, 0.4) is 0 Å². The molecule has 5 nitrogen and oxygen atoms in total. The number of nitrogens with zero attached hydrogens (tertiary/aromatic N) is 3. The second-order valence-corrected chi connectivity index (χ2v) is 5.08. The van der Waals surface area contributed by atoms with E-state index >= 15 is 0 Å². The Bertz CT molecular complexity index is 608. The number of allylic oxidation sites excluding steroid dienone is 1. The number of hydrogen-bond acceptors (Lipinski definition) is 4. The van der Waals surface area contributed by atoms with Gasteiger partial charge < -0.3 is 14.4 Å². The average Bonchev–Trinajstić information content (AvgIpc) is 3.10. The lowest BCUT2D eigenvalue weighted by atomic mass is 10.2. The molecule has 0 aromatic carbocycles. The third-order valence-corrected chi connectivity index (χ3v) is 3.78. The maximum absolute atomic E-state index is 9.17. The third-order valence-electron chi connectivity index (χ3n) is 3.78. The lowest BCUT2D eigenvalue weighted by molar-refractivity contribution is -0.0204. The third kappa shape index (κ3) is 2.34.